The minimum atomic E-state index is -4.27. The highest BCUT2D eigenvalue weighted by Crippen LogP contribution is 2.32. The van der Waals surface area contributed by atoms with Crippen LogP contribution in [0.3, 0.4) is 0 Å². The van der Waals surface area contributed by atoms with Gasteiger partial charge in [-0.2, -0.15) is 13.2 Å². The van der Waals surface area contributed by atoms with Crippen molar-refractivity contribution in [1.82, 2.24) is 4.98 Å². The number of halogens is 4. The Bertz CT molecular complexity index is 514. The molecule has 1 saturated heterocycles. The van der Waals surface area contributed by atoms with Crippen LogP contribution in [-0.4, -0.2) is 31.0 Å². The average Bonchev–Trinajstić information content (AvgIpc) is 2.63. The van der Waals surface area contributed by atoms with Gasteiger partial charge < -0.3 is 9.47 Å². The third kappa shape index (κ3) is 8.23. The molecule has 3 nitrogen and oxygen atoms in total. The van der Waals surface area contributed by atoms with Crippen molar-refractivity contribution in [3.63, 3.8) is 0 Å². The molecule has 1 aliphatic heterocycles. The number of aromatic nitrogens is 1. The molecule has 2 atom stereocenters. The van der Waals surface area contributed by atoms with Crippen molar-refractivity contribution in [3.8, 4) is 5.88 Å². The number of ether oxygens (including phenoxy) is 2. The number of hydrogen-bond donors (Lipinski definition) is 0. The lowest BCUT2D eigenvalue weighted by Gasteiger charge is -2.28. The third-order valence-electron chi connectivity index (χ3n) is 3.26. The van der Waals surface area contributed by atoms with Gasteiger partial charge in [-0.15, -0.1) is 0 Å². The van der Waals surface area contributed by atoms with Crippen LogP contribution < -0.4 is 4.74 Å². The molecule has 0 radical (unpaired) electrons. The maximum atomic E-state index is 12.5. The zero-order chi connectivity index (χ0) is 19.5. The predicted molar refractivity (Wildman–Crippen MR) is 98.7 cm³/mol. The Morgan fingerprint density at radius 2 is 1.88 bits per heavy atom. The Morgan fingerprint density at radius 1 is 1.24 bits per heavy atom. The van der Waals surface area contributed by atoms with E-state index in [1.165, 1.54) is 7.11 Å². The standard InChI is InChI=1S/C14H15BrF3NO2.2C2H6/c1-20-13-10(6-11(15)7-19-13)4-2-9-3-5-12(21-8-9)14(16,17)18;2*1-2/h2,4,6-7,9,12H,3,5,8H2,1H3;2*1-2H3/b4-2+;;. The lowest BCUT2D eigenvalue weighted by atomic mass is 9.97. The van der Waals surface area contributed by atoms with E-state index in [-0.39, 0.29) is 18.9 Å². The lowest BCUT2D eigenvalue weighted by molar-refractivity contribution is -0.233. The second-order valence-electron chi connectivity index (χ2n) is 4.81. The van der Waals surface area contributed by atoms with Crippen LogP contribution in [0.15, 0.2) is 22.8 Å². The van der Waals surface area contributed by atoms with Crippen LogP contribution in [0.5, 0.6) is 5.88 Å². The monoisotopic (exact) mass is 425 g/mol. The highest BCUT2D eigenvalue weighted by atomic mass is 79.9. The fourth-order valence-corrected chi connectivity index (χ4v) is 2.50. The Balaban J connectivity index is 0.00000134. The normalized spacial score (nSPS) is 20.2. The van der Waals surface area contributed by atoms with Gasteiger partial charge in [0.1, 0.15) is 0 Å². The second kappa shape index (κ2) is 12.3. The van der Waals surface area contributed by atoms with Crippen molar-refractivity contribution in [2.75, 3.05) is 13.7 Å². The quantitative estimate of drug-likeness (QED) is 0.571. The summed E-state index contributed by atoms with van der Waals surface area (Å²) >= 11 is 3.32. The van der Waals surface area contributed by atoms with Gasteiger partial charge >= 0.3 is 6.18 Å². The highest BCUT2D eigenvalue weighted by Gasteiger charge is 2.42. The Labute approximate surface area is 156 Å². The van der Waals surface area contributed by atoms with Gasteiger partial charge in [0.15, 0.2) is 6.10 Å². The summed E-state index contributed by atoms with van der Waals surface area (Å²) < 4.78 is 48.3. The largest absolute Gasteiger partial charge is 0.481 e. The summed E-state index contributed by atoms with van der Waals surface area (Å²) in [7, 11) is 1.52. The molecule has 2 unspecified atom stereocenters. The first-order valence-corrected chi connectivity index (χ1v) is 9.25. The van der Waals surface area contributed by atoms with Crippen LogP contribution >= 0.6 is 15.9 Å². The van der Waals surface area contributed by atoms with Gasteiger partial charge in [-0.05, 0) is 34.8 Å². The fraction of sp³-hybridized carbons (Fsp3) is 0.611. The Hall–Kier alpha value is -1.08. The van der Waals surface area contributed by atoms with Gasteiger partial charge in [0, 0.05) is 22.2 Å². The molecule has 2 rings (SSSR count). The summed E-state index contributed by atoms with van der Waals surface area (Å²) in [6.45, 7) is 8.07. The maximum Gasteiger partial charge on any atom is 0.414 e. The summed E-state index contributed by atoms with van der Waals surface area (Å²) in [6, 6.07) is 1.84. The molecular formula is C18H27BrF3NO2. The summed E-state index contributed by atoms with van der Waals surface area (Å²) in [5, 5.41) is 0. The van der Waals surface area contributed by atoms with E-state index in [4.69, 9.17) is 9.47 Å². The Kier molecular flexibility index (Phi) is 11.8. The van der Waals surface area contributed by atoms with E-state index in [0.29, 0.717) is 12.3 Å². The SMILES string of the molecule is CC.CC.COc1ncc(Br)cc1/C=C/C1CCC(C(F)(F)F)OC1. The zero-order valence-corrected chi connectivity index (χ0v) is 16.9. The van der Waals surface area contributed by atoms with Gasteiger partial charge in [-0.1, -0.05) is 39.8 Å². The molecule has 1 aliphatic rings. The van der Waals surface area contributed by atoms with Crippen molar-refractivity contribution >= 4 is 22.0 Å². The van der Waals surface area contributed by atoms with Crippen LogP contribution in [0.2, 0.25) is 0 Å². The predicted octanol–water partition coefficient (Wildman–Crippen LogP) is 6.28. The number of pyridine rings is 1. The molecule has 0 amide bonds. The van der Waals surface area contributed by atoms with Crippen molar-refractivity contribution < 1.29 is 22.6 Å². The van der Waals surface area contributed by atoms with E-state index in [9.17, 15) is 13.2 Å². The van der Waals surface area contributed by atoms with Gasteiger partial charge in [0.2, 0.25) is 5.88 Å². The van der Waals surface area contributed by atoms with Crippen LogP contribution in [0.4, 0.5) is 13.2 Å². The number of rotatable bonds is 3. The maximum absolute atomic E-state index is 12.5. The molecule has 25 heavy (non-hydrogen) atoms. The van der Waals surface area contributed by atoms with Crippen LogP contribution in [0.25, 0.3) is 6.08 Å². The summed E-state index contributed by atoms with van der Waals surface area (Å²) in [6.07, 6.45) is -0.197. The number of nitrogens with zero attached hydrogens (tertiary/aromatic N) is 1. The number of hydrogen-bond acceptors (Lipinski definition) is 3. The Morgan fingerprint density at radius 3 is 2.36 bits per heavy atom. The van der Waals surface area contributed by atoms with Crippen molar-refractivity contribution in [2.24, 2.45) is 5.92 Å². The molecule has 0 aromatic carbocycles. The lowest BCUT2D eigenvalue weighted by Crippen LogP contribution is -2.37. The van der Waals surface area contributed by atoms with Crippen LogP contribution in [0.1, 0.15) is 46.1 Å². The van der Waals surface area contributed by atoms with E-state index in [2.05, 4.69) is 20.9 Å². The minimum absolute atomic E-state index is 0.00756. The second-order valence-corrected chi connectivity index (χ2v) is 5.73. The molecule has 1 aromatic heterocycles. The van der Waals surface area contributed by atoms with Gasteiger partial charge in [-0.25, -0.2) is 4.98 Å². The average molecular weight is 426 g/mol. The van der Waals surface area contributed by atoms with Gasteiger partial charge in [0.05, 0.1) is 13.7 Å². The molecule has 144 valence electrons. The van der Waals surface area contributed by atoms with Crippen LogP contribution in [-0.2, 0) is 4.74 Å². The first kappa shape index (κ1) is 23.9. The van der Waals surface area contributed by atoms with E-state index >= 15 is 0 Å². The molecule has 1 aromatic rings. The molecule has 0 aliphatic carbocycles. The van der Waals surface area contributed by atoms with Crippen LogP contribution in [0, 0.1) is 5.92 Å². The summed E-state index contributed by atoms with van der Waals surface area (Å²) in [4.78, 5) is 4.10. The summed E-state index contributed by atoms with van der Waals surface area (Å²) in [5.74, 6) is 0.437. The molecule has 7 heteroatoms. The molecule has 0 N–H and O–H groups in total. The minimum Gasteiger partial charge on any atom is -0.481 e. The van der Waals surface area contributed by atoms with E-state index in [1.54, 1.807) is 12.3 Å². The van der Waals surface area contributed by atoms with Crippen molar-refractivity contribution in [1.29, 1.82) is 0 Å². The van der Waals surface area contributed by atoms with E-state index < -0.39 is 12.3 Å². The fourth-order valence-electron chi connectivity index (χ4n) is 2.15. The van der Waals surface area contributed by atoms with E-state index in [0.717, 1.165) is 10.0 Å². The molecule has 0 saturated carbocycles. The number of alkyl halides is 3. The van der Waals surface area contributed by atoms with Crippen molar-refractivity contribution in [2.45, 2.75) is 52.8 Å². The topological polar surface area (TPSA) is 31.4 Å². The van der Waals surface area contributed by atoms with E-state index in [1.807, 2.05) is 39.8 Å². The third-order valence-corrected chi connectivity index (χ3v) is 3.70. The first-order valence-electron chi connectivity index (χ1n) is 8.46. The smallest absolute Gasteiger partial charge is 0.414 e. The highest BCUT2D eigenvalue weighted by molar-refractivity contribution is 9.10. The molecular weight excluding hydrogens is 399 g/mol. The zero-order valence-electron chi connectivity index (χ0n) is 15.4. The molecule has 1 fully saturated rings. The molecule has 2 heterocycles. The first-order chi connectivity index (χ1) is 11.9. The molecule has 0 spiro atoms. The van der Waals surface area contributed by atoms with Crippen molar-refractivity contribution in [3.05, 3.63) is 28.4 Å². The number of methoxy groups -OCH3 is 1. The summed E-state index contributed by atoms with van der Waals surface area (Å²) in [5.41, 5.74) is 0.768. The van der Waals surface area contributed by atoms with Gasteiger partial charge in [0.25, 0.3) is 0 Å². The van der Waals surface area contributed by atoms with Gasteiger partial charge in [-0.3, -0.25) is 0 Å². The molecule has 0 bridgehead atoms.